The third kappa shape index (κ3) is 3.89. The van der Waals surface area contributed by atoms with Crippen molar-refractivity contribution in [3.8, 4) is 0 Å². The van der Waals surface area contributed by atoms with E-state index in [1.54, 1.807) is 12.4 Å². The first-order valence-electron chi connectivity index (χ1n) is 4.21. The van der Waals surface area contributed by atoms with Crippen molar-refractivity contribution in [1.82, 2.24) is 20.6 Å². The van der Waals surface area contributed by atoms with Crippen molar-refractivity contribution in [3.05, 3.63) is 18.2 Å². The highest BCUT2D eigenvalue weighted by Crippen LogP contribution is 1.86. The molecule has 0 aliphatic carbocycles. The van der Waals surface area contributed by atoms with Gasteiger partial charge in [0.15, 0.2) is 5.11 Å². The monoisotopic (exact) mass is 198 g/mol. The summed E-state index contributed by atoms with van der Waals surface area (Å²) in [7, 11) is 0. The number of hydrogen-bond donors (Lipinski definition) is 3. The first-order valence-corrected chi connectivity index (χ1v) is 4.62. The topological polar surface area (TPSA) is 52.7 Å². The molecule has 0 saturated heterocycles. The summed E-state index contributed by atoms with van der Waals surface area (Å²) in [4.78, 5) is 7.05. The molecule has 0 aliphatic rings. The maximum Gasteiger partial charge on any atom is 0.166 e. The van der Waals surface area contributed by atoms with Gasteiger partial charge in [-0.25, -0.2) is 4.98 Å². The Hall–Kier alpha value is -1.10. The summed E-state index contributed by atoms with van der Waals surface area (Å²) in [5.74, 6) is 0.882. The van der Waals surface area contributed by atoms with Crippen molar-refractivity contribution in [1.29, 1.82) is 0 Å². The van der Waals surface area contributed by atoms with Crippen LogP contribution in [0.4, 0.5) is 0 Å². The summed E-state index contributed by atoms with van der Waals surface area (Å²) in [5.41, 5.74) is 0. The van der Waals surface area contributed by atoms with Gasteiger partial charge in [-0.3, -0.25) is 0 Å². The maximum absolute atomic E-state index is 5.04. The Balaban J connectivity index is 2.23. The molecule has 1 rings (SSSR count). The van der Waals surface area contributed by atoms with Gasteiger partial charge in [0, 0.05) is 18.4 Å². The Bertz CT molecular complexity index is 255. The molecule has 72 valence electrons. The molecule has 13 heavy (non-hydrogen) atoms. The molecule has 1 aromatic heterocycles. The summed E-state index contributed by atoms with van der Waals surface area (Å²) >= 11 is 5.04. The molecule has 0 aliphatic heterocycles. The second-order valence-electron chi connectivity index (χ2n) is 3.02. The standard InChI is InChI=1S/C8H14N4S/c1-6(2)12-8(13)11-5-7-9-3-4-10-7/h3-4,6H,5H2,1-2H3,(H,9,10)(H2,11,12,13). The van der Waals surface area contributed by atoms with Crippen LogP contribution in [0, 0.1) is 0 Å². The number of nitrogens with one attached hydrogen (secondary N) is 3. The van der Waals surface area contributed by atoms with E-state index in [2.05, 4.69) is 20.6 Å². The summed E-state index contributed by atoms with van der Waals surface area (Å²) in [6.07, 6.45) is 3.51. The number of rotatable bonds is 3. The predicted octanol–water partition coefficient (Wildman–Crippen LogP) is 0.782. The molecule has 0 bridgehead atoms. The van der Waals surface area contributed by atoms with Gasteiger partial charge in [0.05, 0.1) is 6.54 Å². The third-order valence-electron chi connectivity index (χ3n) is 1.39. The third-order valence-corrected chi connectivity index (χ3v) is 1.65. The molecule has 0 radical (unpaired) electrons. The van der Waals surface area contributed by atoms with Gasteiger partial charge in [-0.15, -0.1) is 0 Å². The lowest BCUT2D eigenvalue weighted by atomic mass is 10.4. The Morgan fingerprint density at radius 1 is 1.69 bits per heavy atom. The highest BCUT2D eigenvalue weighted by Gasteiger charge is 1.98. The van der Waals surface area contributed by atoms with Gasteiger partial charge in [0.2, 0.25) is 0 Å². The fourth-order valence-corrected chi connectivity index (χ4v) is 1.18. The molecular formula is C8H14N4S. The number of imidazole rings is 1. The van der Waals surface area contributed by atoms with E-state index >= 15 is 0 Å². The van der Waals surface area contributed by atoms with E-state index in [-0.39, 0.29) is 0 Å². The van der Waals surface area contributed by atoms with E-state index in [0.717, 1.165) is 5.82 Å². The van der Waals surface area contributed by atoms with E-state index in [4.69, 9.17) is 12.2 Å². The highest BCUT2D eigenvalue weighted by atomic mass is 32.1. The van der Waals surface area contributed by atoms with Crippen molar-refractivity contribution >= 4 is 17.3 Å². The largest absolute Gasteiger partial charge is 0.361 e. The van der Waals surface area contributed by atoms with Gasteiger partial charge in [-0.05, 0) is 26.1 Å². The lowest BCUT2D eigenvalue weighted by molar-refractivity contribution is 0.707. The van der Waals surface area contributed by atoms with Crippen LogP contribution in [0.2, 0.25) is 0 Å². The van der Waals surface area contributed by atoms with E-state index in [1.165, 1.54) is 0 Å². The number of hydrogen-bond acceptors (Lipinski definition) is 2. The Kier molecular flexibility index (Phi) is 3.70. The second kappa shape index (κ2) is 4.81. The first-order chi connectivity index (χ1) is 6.18. The highest BCUT2D eigenvalue weighted by molar-refractivity contribution is 7.80. The van der Waals surface area contributed by atoms with Crippen molar-refractivity contribution in [2.75, 3.05) is 0 Å². The minimum absolute atomic E-state index is 0.358. The van der Waals surface area contributed by atoms with Crippen LogP contribution in [-0.4, -0.2) is 21.1 Å². The number of H-pyrrole nitrogens is 1. The number of aromatic nitrogens is 2. The van der Waals surface area contributed by atoms with Crippen LogP contribution in [0.1, 0.15) is 19.7 Å². The van der Waals surface area contributed by atoms with Crippen LogP contribution < -0.4 is 10.6 Å². The van der Waals surface area contributed by atoms with Crippen LogP contribution in [0.3, 0.4) is 0 Å². The van der Waals surface area contributed by atoms with E-state index in [9.17, 15) is 0 Å². The SMILES string of the molecule is CC(C)NC(=S)NCc1ncc[nH]1. The van der Waals surface area contributed by atoms with Gasteiger partial charge in [0.1, 0.15) is 5.82 Å². The van der Waals surface area contributed by atoms with E-state index in [1.807, 2.05) is 13.8 Å². The minimum atomic E-state index is 0.358. The zero-order valence-corrected chi connectivity index (χ0v) is 8.61. The Labute approximate surface area is 83.1 Å². The molecule has 1 aromatic rings. The molecule has 4 nitrogen and oxygen atoms in total. The van der Waals surface area contributed by atoms with Crippen molar-refractivity contribution < 1.29 is 0 Å². The molecule has 0 saturated carbocycles. The van der Waals surface area contributed by atoms with Gasteiger partial charge >= 0.3 is 0 Å². The molecule has 5 heteroatoms. The normalized spacial score (nSPS) is 10.1. The average molecular weight is 198 g/mol. The molecule has 0 atom stereocenters. The first kappa shape index (κ1) is 9.98. The molecule has 1 heterocycles. The van der Waals surface area contributed by atoms with Gasteiger partial charge in [0.25, 0.3) is 0 Å². The van der Waals surface area contributed by atoms with E-state index in [0.29, 0.717) is 17.7 Å². The fraction of sp³-hybridized carbons (Fsp3) is 0.500. The van der Waals surface area contributed by atoms with Crippen LogP contribution in [0.25, 0.3) is 0 Å². The molecule has 3 N–H and O–H groups in total. The van der Waals surface area contributed by atoms with Crippen molar-refractivity contribution in [2.45, 2.75) is 26.4 Å². The number of nitrogens with zero attached hydrogens (tertiary/aromatic N) is 1. The van der Waals surface area contributed by atoms with Crippen LogP contribution in [0.5, 0.6) is 0 Å². The maximum atomic E-state index is 5.04. The fourth-order valence-electron chi connectivity index (χ4n) is 0.872. The minimum Gasteiger partial charge on any atom is -0.361 e. The number of aromatic amines is 1. The summed E-state index contributed by atoms with van der Waals surface area (Å²) in [6, 6.07) is 0.358. The van der Waals surface area contributed by atoms with E-state index < -0.39 is 0 Å². The van der Waals surface area contributed by atoms with Crippen molar-refractivity contribution in [2.24, 2.45) is 0 Å². The molecule has 0 aromatic carbocycles. The smallest absolute Gasteiger partial charge is 0.166 e. The zero-order valence-electron chi connectivity index (χ0n) is 7.79. The molecule has 0 unspecified atom stereocenters. The van der Waals surface area contributed by atoms with Crippen LogP contribution in [0.15, 0.2) is 12.4 Å². The molecule has 0 amide bonds. The second-order valence-corrected chi connectivity index (χ2v) is 3.43. The molecule has 0 spiro atoms. The number of thiocarbonyl (C=S) groups is 1. The van der Waals surface area contributed by atoms with Gasteiger partial charge in [-0.2, -0.15) is 0 Å². The summed E-state index contributed by atoms with van der Waals surface area (Å²) < 4.78 is 0. The molecular weight excluding hydrogens is 184 g/mol. The lowest BCUT2D eigenvalue weighted by Crippen LogP contribution is -2.38. The quantitative estimate of drug-likeness (QED) is 0.628. The lowest BCUT2D eigenvalue weighted by Gasteiger charge is -2.11. The summed E-state index contributed by atoms with van der Waals surface area (Å²) in [5, 5.41) is 6.79. The van der Waals surface area contributed by atoms with Gasteiger partial charge < -0.3 is 15.6 Å². The Morgan fingerprint density at radius 2 is 2.46 bits per heavy atom. The Morgan fingerprint density at radius 3 is 3.00 bits per heavy atom. The van der Waals surface area contributed by atoms with Crippen LogP contribution >= 0.6 is 12.2 Å². The summed E-state index contributed by atoms with van der Waals surface area (Å²) in [6.45, 7) is 4.72. The van der Waals surface area contributed by atoms with Crippen LogP contribution in [-0.2, 0) is 6.54 Å². The average Bonchev–Trinajstić information content (AvgIpc) is 2.51. The van der Waals surface area contributed by atoms with Crippen molar-refractivity contribution in [3.63, 3.8) is 0 Å². The van der Waals surface area contributed by atoms with Gasteiger partial charge in [-0.1, -0.05) is 0 Å². The predicted molar refractivity (Wildman–Crippen MR) is 56.3 cm³/mol. The molecule has 0 fully saturated rings. The zero-order chi connectivity index (χ0) is 9.68.